The minimum Gasteiger partial charge on any atom is -0.338 e. The lowest BCUT2D eigenvalue weighted by molar-refractivity contribution is 0.0726. The SMILES string of the molecule is CCc1noc([C@H](C)N2CCN(C(c3ccc(F)cc3)c3ccc(F)cc3)CC2)n1. The van der Waals surface area contributed by atoms with Crippen LogP contribution in [0.5, 0.6) is 0 Å². The second kappa shape index (κ2) is 9.02. The maximum absolute atomic E-state index is 13.5. The molecule has 1 aliphatic heterocycles. The van der Waals surface area contributed by atoms with Crippen LogP contribution in [0.4, 0.5) is 8.78 Å². The fourth-order valence-corrected chi connectivity index (χ4v) is 4.02. The van der Waals surface area contributed by atoms with E-state index < -0.39 is 0 Å². The fourth-order valence-electron chi connectivity index (χ4n) is 4.02. The van der Waals surface area contributed by atoms with Gasteiger partial charge in [0.1, 0.15) is 11.6 Å². The molecule has 1 saturated heterocycles. The van der Waals surface area contributed by atoms with Gasteiger partial charge in [-0.1, -0.05) is 36.3 Å². The van der Waals surface area contributed by atoms with Crippen molar-refractivity contribution in [2.24, 2.45) is 0 Å². The Bertz CT molecular complexity index is 905. The van der Waals surface area contributed by atoms with Crippen molar-refractivity contribution in [3.8, 4) is 0 Å². The zero-order valence-corrected chi connectivity index (χ0v) is 17.3. The van der Waals surface area contributed by atoms with E-state index in [0.29, 0.717) is 5.89 Å². The average molecular weight is 412 g/mol. The topological polar surface area (TPSA) is 45.4 Å². The Morgan fingerprint density at radius 3 is 1.83 bits per heavy atom. The number of piperazine rings is 1. The summed E-state index contributed by atoms with van der Waals surface area (Å²) >= 11 is 0. The van der Waals surface area contributed by atoms with Crippen LogP contribution in [0, 0.1) is 11.6 Å². The Kier molecular flexibility index (Phi) is 6.20. The van der Waals surface area contributed by atoms with Gasteiger partial charge in [0.2, 0.25) is 5.89 Å². The molecular weight excluding hydrogens is 386 g/mol. The summed E-state index contributed by atoms with van der Waals surface area (Å²) in [5, 5.41) is 4.00. The molecule has 2 heterocycles. The van der Waals surface area contributed by atoms with Crippen molar-refractivity contribution in [1.29, 1.82) is 0 Å². The first kappa shape index (κ1) is 20.6. The summed E-state index contributed by atoms with van der Waals surface area (Å²) in [5.41, 5.74) is 1.99. The molecule has 0 bridgehead atoms. The first-order chi connectivity index (χ1) is 14.5. The maximum atomic E-state index is 13.5. The van der Waals surface area contributed by atoms with Crippen LogP contribution < -0.4 is 0 Å². The zero-order valence-electron chi connectivity index (χ0n) is 17.3. The Morgan fingerprint density at radius 1 is 0.867 bits per heavy atom. The van der Waals surface area contributed by atoms with Crippen molar-refractivity contribution < 1.29 is 13.3 Å². The van der Waals surface area contributed by atoms with Crippen molar-refractivity contribution >= 4 is 0 Å². The third-order valence-corrected chi connectivity index (χ3v) is 5.79. The van der Waals surface area contributed by atoms with Crippen LogP contribution in [0.2, 0.25) is 0 Å². The first-order valence-corrected chi connectivity index (χ1v) is 10.4. The van der Waals surface area contributed by atoms with Crippen molar-refractivity contribution in [2.75, 3.05) is 26.2 Å². The summed E-state index contributed by atoms with van der Waals surface area (Å²) < 4.78 is 32.4. The maximum Gasteiger partial charge on any atom is 0.243 e. The third-order valence-electron chi connectivity index (χ3n) is 5.79. The van der Waals surface area contributed by atoms with Crippen LogP contribution in [0.25, 0.3) is 0 Å². The summed E-state index contributed by atoms with van der Waals surface area (Å²) in [5.74, 6) is 0.847. The van der Waals surface area contributed by atoms with Crippen LogP contribution in [0.15, 0.2) is 53.1 Å². The minimum absolute atomic E-state index is 0.0510. The molecule has 1 aromatic heterocycles. The summed E-state index contributed by atoms with van der Waals surface area (Å²) in [4.78, 5) is 9.15. The number of rotatable bonds is 6. The lowest BCUT2D eigenvalue weighted by Gasteiger charge is -2.41. The van der Waals surface area contributed by atoms with E-state index in [0.717, 1.165) is 49.6 Å². The first-order valence-electron chi connectivity index (χ1n) is 10.4. The summed E-state index contributed by atoms with van der Waals surface area (Å²) in [6.45, 7) is 7.40. The smallest absolute Gasteiger partial charge is 0.243 e. The minimum atomic E-state index is -0.263. The van der Waals surface area contributed by atoms with Crippen LogP contribution in [0.1, 0.15) is 48.8 Å². The second-order valence-electron chi connectivity index (χ2n) is 7.66. The van der Waals surface area contributed by atoms with Gasteiger partial charge in [-0.15, -0.1) is 0 Å². The molecule has 30 heavy (non-hydrogen) atoms. The van der Waals surface area contributed by atoms with Gasteiger partial charge in [0.05, 0.1) is 12.1 Å². The van der Waals surface area contributed by atoms with Crippen LogP contribution in [-0.4, -0.2) is 46.1 Å². The standard InChI is InChI=1S/C23H26F2N4O/c1-3-21-26-23(30-27-21)16(2)28-12-14-29(15-13-28)22(17-4-8-19(24)9-5-17)18-6-10-20(25)11-7-18/h4-11,16,22H,3,12-15H2,1-2H3/t16-/m0/s1. The van der Waals surface area contributed by atoms with E-state index >= 15 is 0 Å². The largest absolute Gasteiger partial charge is 0.338 e. The molecule has 0 saturated carbocycles. The summed E-state index contributed by atoms with van der Waals surface area (Å²) in [6, 6.07) is 13.1. The number of aryl methyl sites for hydroxylation is 1. The van der Waals surface area contributed by atoms with Crippen molar-refractivity contribution in [2.45, 2.75) is 32.4 Å². The summed E-state index contributed by atoms with van der Waals surface area (Å²) in [6.07, 6.45) is 0.751. The Balaban J connectivity index is 1.51. The van der Waals surface area contributed by atoms with E-state index in [1.807, 2.05) is 31.2 Å². The van der Waals surface area contributed by atoms with Gasteiger partial charge in [-0.05, 0) is 42.3 Å². The van der Waals surface area contributed by atoms with Gasteiger partial charge in [0.15, 0.2) is 5.82 Å². The van der Waals surface area contributed by atoms with Crippen molar-refractivity contribution in [3.05, 3.63) is 83.0 Å². The predicted molar refractivity (Wildman–Crippen MR) is 110 cm³/mol. The molecular formula is C23H26F2N4O. The van der Waals surface area contributed by atoms with Gasteiger partial charge in [0.25, 0.3) is 0 Å². The molecule has 0 aliphatic carbocycles. The van der Waals surface area contributed by atoms with E-state index in [-0.39, 0.29) is 23.7 Å². The molecule has 0 N–H and O–H groups in total. The highest BCUT2D eigenvalue weighted by molar-refractivity contribution is 5.32. The monoisotopic (exact) mass is 412 g/mol. The van der Waals surface area contributed by atoms with Gasteiger partial charge < -0.3 is 4.52 Å². The van der Waals surface area contributed by atoms with E-state index in [9.17, 15) is 8.78 Å². The number of halogens is 2. The van der Waals surface area contributed by atoms with Crippen molar-refractivity contribution in [1.82, 2.24) is 19.9 Å². The number of nitrogens with zero attached hydrogens (tertiary/aromatic N) is 4. The van der Waals surface area contributed by atoms with E-state index in [1.165, 1.54) is 24.3 Å². The van der Waals surface area contributed by atoms with Crippen molar-refractivity contribution in [3.63, 3.8) is 0 Å². The quantitative estimate of drug-likeness (QED) is 0.601. The molecule has 1 atom stereocenters. The normalized spacial score (nSPS) is 16.8. The zero-order chi connectivity index (χ0) is 21.1. The molecule has 1 fully saturated rings. The molecule has 4 rings (SSSR count). The van der Waals surface area contributed by atoms with Gasteiger partial charge >= 0.3 is 0 Å². The van der Waals surface area contributed by atoms with E-state index in [1.54, 1.807) is 0 Å². The molecule has 2 aromatic carbocycles. The number of aromatic nitrogens is 2. The van der Waals surface area contributed by atoms with Gasteiger partial charge in [0, 0.05) is 32.6 Å². The Morgan fingerprint density at radius 2 is 1.37 bits per heavy atom. The molecule has 1 aliphatic rings. The average Bonchev–Trinajstić information content (AvgIpc) is 3.26. The number of hydrogen-bond donors (Lipinski definition) is 0. The highest BCUT2D eigenvalue weighted by Crippen LogP contribution is 2.31. The van der Waals surface area contributed by atoms with E-state index in [4.69, 9.17) is 4.52 Å². The highest BCUT2D eigenvalue weighted by Gasteiger charge is 2.30. The van der Waals surface area contributed by atoms with Crippen LogP contribution >= 0.6 is 0 Å². The predicted octanol–water partition coefficient (Wildman–Crippen LogP) is 4.38. The fraction of sp³-hybridized carbons (Fsp3) is 0.391. The molecule has 0 spiro atoms. The van der Waals surface area contributed by atoms with Gasteiger partial charge in [-0.25, -0.2) is 8.78 Å². The molecule has 158 valence electrons. The molecule has 0 amide bonds. The lowest BCUT2D eigenvalue weighted by atomic mass is 9.96. The second-order valence-corrected chi connectivity index (χ2v) is 7.66. The van der Waals surface area contributed by atoms with Gasteiger partial charge in [-0.3, -0.25) is 9.80 Å². The highest BCUT2D eigenvalue weighted by atomic mass is 19.1. The molecule has 7 heteroatoms. The third kappa shape index (κ3) is 4.42. The Hall–Kier alpha value is -2.64. The molecule has 3 aromatic rings. The molecule has 0 radical (unpaired) electrons. The number of hydrogen-bond acceptors (Lipinski definition) is 5. The Labute approximate surface area is 175 Å². The number of benzene rings is 2. The van der Waals surface area contributed by atoms with Crippen LogP contribution in [0.3, 0.4) is 0 Å². The molecule has 0 unspecified atom stereocenters. The van der Waals surface area contributed by atoms with Crippen LogP contribution in [-0.2, 0) is 6.42 Å². The van der Waals surface area contributed by atoms with E-state index in [2.05, 4.69) is 26.9 Å². The molecule has 5 nitrogen and oxygen atoms in total. The lowest BCUT2D eigenvalue weighted by Crippen LogP contribution is -2.48. The van der Waals surface area contributed by atoms with Gasteiger partial charge in [-0.2, -0.15) is 4.98 Å². The summed E-state index contributed by atoms with van der Waals surface area (Å²) in [7, 11) is 0.